The molecule has 160 valence electrons. The van der Waals surface area contributed by atoms with Gasteiger partial charge in [0.2, 0.25) is 5.91 Å². The van der Waals surface area contributed by atoms with Crippen LogP contribution < -0.4 is 5.32 Å². The van der Waals surface area contributed by atoms with Crippen LogP contribution in [0.1, 0.15) is 27.8 Å². The fourth-order valence-electron chi connectivity index (χ4n) is 3.87. The summed E-state index contributed by atoms with van der Waals surface area (Å²) < 4.78 is 1.66. The molecule has 0 spiro atoms. The van der Waals surface area contributed by atoms with Gasteiger partial charge < -0.3 is 5.32 Å². The highest BCUT2D eigenvalue weighted by Gasteiger charge is 2.33. The monoisotopic (exact) mass is 461 g/mol. The number of carbonyl (C=O) groups is 1. The van der Waals surface area contributed by atoms with E-state index in [9.17, 15) is 4.79 Å². The topological polar surface area (TPSA) is 72.7 Å². The van der Waals surface area contributed by atoms with E-state index < -0.39 is 0 Å². The summed E-state index contributed by atoms with van der Waals surface area (Å²) in [7, 11) is 0. The lowest BCUT2D eigenvalue weighted by molar-refractivity contribution is -0.113. The van der Waals surface area contributed by atoms with Gasteiger partial charge in [-0.15, -0.1) is 11.8 Å². The Morgan fingerprint density at radius 2 is 1.72 bits per heavy atom. The summed E-state index contributed by atoms with van der Waals surface area (Å²) in [6, 6.07) is 19.6. The van der Waals surface area contributed by atoms with Gasteiger partial charge >= 0.3 is 0 Å². The lowest BCUT2D eigenvalue weighted by Crippen LogP contribution is -2.17. The van der Waals surface area contributed by atoms with Gasteiger partial charge in [0.25, 0.3) is 5.95 Å². The molecule has 0 unspecified atom stereocenters. The van der Waals surface area contributed by atoms with Crippen molar-refractivity contribution in [1.82, 2.24) is 19.7 Å². The average Bonchev–Trinajstić information content (AvgIpc) is 3.05. The summed E-state index contributed by atoms with van der Waals surface area (Å²) in [5.74, 6) is 1.27. The standard InChI is InChI=1S/C24H20ClN5OS/c1-14-12-15(2)27-24(26-14)30-23-20(21(29-30)16-6-4-3-5-7-16)22(32-13-19(31)28-23)17-8-10-18(25)11-9-17/h3-12,22H,13H2,1-2H3,(H,28,31)/t22-/m1/s1. The van der Waals surface area contributed by atoms with Crippen molar-refractivity contribution in [1.29, 1.82) is 0 Å². The highest BCUT2D eigenvalue weighted by atomic mass is 35.5. The van der Waals surface area contributed by atoms with Crippen LogP contribution in [0.2, 0.25) is 5.02 Å². The number of fused-ring (bicyclic) bond motifs is 1. The van der Waals surface area contributed by atoms with Gasteiger partial charge in [0.15, 0.2) is 0 Å². The Labute approximate surface area is 195 Å². The van der Waals surface area contributed by atoms with Gasteiger partial charge in [-0.1, -0.05) is 54.1 Å². The molecule has 0 aliphatic carbocycles. The quantitative estimate of drug-likeness (QED) is 0.443. The van der Waals surface area contributed by atoms with Crippen molar-refractivity contribution in [3.05, 3.63) is 88.2 Å². The van der Waals surface area contributed by atoms with Gasteiger partial charge in [0.1, 0.15) is 5.82 Å². The lowest BCUT2D eigenvalue weighted by atomic mass is 10.00. The van der Waals surface area contributed by atoms with E-state index in [1.54, 1.807) is 16.4 Å². The number of halogens is 1. The number of nitrogens with one attached hydrogen (secondary N) is 1. The van der Waals surface area contributed by atoms with E-state index in [-0.39, 0.29) is 11.2 Å². The molecule has 0 bridgehead atoms. The minimum atomic E-state index is -0.115. The maximum absolute atomic E-state index is 12.7. The van der Waals surface area contributed by atoms with Crippen LogP contribution in [0.25, 0.3) is 17.2 Å². The van der Waals surface area contributed by atoms with Crippen LogP contribution in [0.4, 0.5) is 5.82 Å². The minimum Gasteiger partial charge on any atom is -0.309 e. The number of rotatable bonds is 3. The Morgan fingerprint density at radius 3 is 2.41 bits per heavy atom. The summed E-state index contributed by atoms with van der Waals surface area (Å²) in [6.45, 7) is 3.84. The van der Waals surface area contributed by atoms with E-state index in [1.807, 2.05) is 74.5 Å². The molecule has 3 heterocycles. The molecule has 4 aromatic rings. The Hall–Kier alpha value is -3.16. The van der Waals surface area contributed by atoms with Crippen molar-refractivity contribution in [3.63, 3.8) is 0 Å². The van der Waals surface area contributed by atoms with Gasteiger partial charge in [0, 0.05) is 27.5 Å². The number of hydrogen-bond acceptors (Lipinski definition) is 5. The first-order valence-electron chi connectivity index (χ1n) is 10.2. The second-order valence-electron chi connectivity index (χ2n) is 7.63. The Morgan fingerprint density at radius 1 is 1.03 bits per heavy atom. The van der Waals surface area contributed by atoms with Gasteiger partial charge in [-0.2, -0.15) is 9.78 Å². The number of aromatic nitrogens is 4. The molecule has 0 fully saturated rings. The Balaban J connectivity index is 1.80. The molecule has 1 atom stereocenters. The number of carbonyl (C=O) groups excluding carboxylic acids is 1. The van der Waals surface area contributed by atoms with E-state index in [0.29, 0.717) is 22.5 Å². The van der Waals surface area contributed by atoms with Crippen molar-refractivity contribution in [3.8, 4) is 17.2 Å². The summed E-state index contributed by atoms with van der Waals surface area (Å²) in [5, 5.41) is 8.54. The predicted octanol–water partition coefficient (Wildman–Crippen LogP) is 5.37. The SMILES string of the molecule is Cc1cc(C)nc(-n2nc(-c3ccccc3)c3c2NC(=O)CS[C@@H]3c2ccc(Cl)cc2)n1. The van der Waals surface area contributed by atoms with E-state index in [0.717, 1.165) is 33.8 Å². The molecule has 0 saturated heterocycles. The molecule has 0 saturated carbocycles. The van der Waals surface area contributed by atoms with Gasteiger partial charge in [-0.05, 0) is 37.6 Å². The number of anilines is 1. The maximum Gasteiger partial charge on any atom is 0.252 e. The minimum absolute atomic E-state index is 0.0853. The largest absolute Gasteiger partial charge is 0.309 e. The van der Waals surface area contributed by atoms with Gasteiger partial charge in [-0.3, -0.25) is 4.79 Å². The number of thioether (sulfide) groups is 1. The number of amides is 1. The normalized spacial score (nSPS) is 15.7. The van der Waals surface area contributed by atoms with Crippen LogP contribution in [0, 0.1) is 13.8 Å². The molecular weight excluding hydrogens is 442 g/mol. The Bertz CT molecular complexity index is 1280. The molecule has 5 rings (SSSR count). The predicted molar refractivity (Wildman–Crippen MR) is 128 cm³/mol. The van der Waals surface area contributed by atoms with Crippen LogP contribution in [-0.2, 0) is 4.79 Å². The first kappa shape index (κ1) is 20.7. The third-order valence-corrected chi connectivity index (χ3v) is 6.73. The smallest absolute Gasteiger partial charge is 0.252 e. The van der Waals surface area contributed by atoms with Crippen LogP contribution >= 0.6 is 23.4 Å². The molecule has 1 aliphatic heterocycles. The Kier molecular flexibility index (Phi) is 5.45. The fourth-order valence-corrected chi connectivity index (χ4v) is 5.12. The highest BCUT2D eigenvalue weighted by molar-refractivity contribution is 8.00. The molecule has 1 N–H and O–H groups in total. The van der Waals surface area contributed by atoms with Crippen molar-refractivity contribution in [2.75, 3.05) is 11.1 Å². The zero-order valence-corrected chi connectivity index (χ0v) is 19.1. The van der Waals surface area contributed by atoms with Crippen LogP contribution in [0.15, 0.2) is 60.7 Å². The van der Waals surface area contributed by atoms with E-state index in [4.69, 9.17) is 16.7 Å². The van der Waals surface area contributed by atoms with Gasteiger partial charge in [0.05, 0.1) is 16.7 Å². The van der Waals surface area contributed by atoms with E-state index >= 15 is 0 Å². The van der Waals surface area contributed by atoms with Crippen LogP contribution in [-0.4, -0.2) is 31.4 Å². The van der Waals surface area contributed by atoms with Gasteiger partial charge in [-0.25, -0.2) is 9.97 Å². The molecule has 8 heteroatoms. The average molecular weight is 462 g/mol. The number of aryl methyl sites for hydroxylation is 2. The third-order valence-electron chi connectivity index (χ3n) is 5.20. The molecule has 32 heavy (non-hydrogen) atoms. The van der Waals surface area contributed by atoms with Crippen molar-refractivity contribution in [2.24, 2.45) is 0 Å². The fraction of sp³-hybridized carbons (Fsp3) is 0.167. The maximum atomic E-state index is 12.7. The molecule has 2 aromatic heterocycles. The second-order valence-corrected chi connectivity index (χ2v) is 9.16. The van der Waals surface area contributed by atoms with E-state index in [2.05, 4.69) is 15.3 Å². The lowest BCUT2D eigenvalue weighted by Gasteiger charge is -2.16. The van der Waals surface area contributed by atoms with E-state index in [1.165, 1.54) is 0 Å². The molecular formula is C24H20ClN5OS. The van der Waals surface area contributed by atoms with Crippen LogP contribution in [0.5, 0.6) is 0 Å². The number of nitrogens with zero attached hydrogens (tertiary/aromatic N) is 4. The van der Waals surface area contributed by atoms with Crippen molar-refractivity contribution >= 4 is 35.1 Å². The first-order chi connectivity index (χ1) is 15.5. The number of benzene rings is 2. The number of hydrogen-bond donors (Lipinski definition) is 1. The molecule has 1 amide bonds. The van der Waals surface area contributed by atoms with Crippen LogP contribution in [0.3, 0.4) is 0 Å². The summed E-state index contributed by atoms with van der Waals surface area (Å²) in [6.07, 6.45) is 0. The third kappa shape index (κ3) is 3.89. The summed E-state index contributed by atoms with van der Waals surface area (Å²) in [4.78, 5) is 21.9. The molecule has 2 aromatic carbocycles. The molecule has 0 radical (unpaired) electrons. The first-order valence-corrected chi connectivity index (χ1v) is 11.6. The highest BCUT2D eigenvalue weighted by Crippen LogP contribution is 2.46. The summed E-state index contributed by atoms with van der Waals surface area (Å²) >= 11 is 7.71. The summed E-state index contributed by atoms with van der Waals surface area (Å²) in [5.41, 5.74) is 5.40. The zero-order valence-electron chi connectivity index (χ0n) is 17.5. The molecule has 6 nitrogen and oxygen atoms in total. The van der Waals surface area contributed by atoms with Crippen molar-refractivity contribution in [2.45, 2.75) is 19.1 Å². The zero-order chi connectivity index (χ0) is 22.2. The second kappa shape index (κ2) is 8.41. The van der Waals surface area contributed by atoms with Crippen molar-refractivity contribution < 1.29 is 4.79 Å². The molecule has 1 aliphatic rings.